The average molecular weight is 445 g/mol. The second-order valence-corrected chi connectivity index (χ2v) is 8.09. The molecule has 1 aromatic carbocycles. The molecule has 2 N–H and O–H groups in total. The lowest BCUT2D eigenvalue weighted by atomic mass is 10.3. The number of carbonyl (C=O) groups is 1. The maximum atomic E-state index is 11.7. The maximum Gasteiger partial charge on any atom is 0.246 e. The predicted molar refractivity (Wildman–Crippen MR) is 111 cm³/mol. The number of hydrogen-bond acceptors (Lipinski definition) is 7. The number of aromatic nitrogens is 3. The summed E-state index contributed by atoms with van der Waals surface area (Å²) in [7, 11) is 0. The topological polar surface area (TPSA) is 83.0 Å². The van der Waals surface area contributed by atoms with Crippen molar-refractivity contribution in [3.63, 3.8) is 0 Å². The van der Waals surface area contributed by atoms with Crippen LogP contribution in [0.1, 0.15) is 6.42 Å². The summed E-state index contributed by atoms with van der Waals surface area (Å²) in [5.74, 6) is 1.16. The molecule has 0 radical (unpaired) electrons. The summed E-state index contributed by atoms with van der Waals surface area (Å²) in [6, 6.07) is 7.92. The van der Waals surface area contributed by atoms with Crippen molar-refractivity contribution in [2.75, 3.05) is 23.7 Å². The number of carbonyl (C=O) groups excluding carboxylic acids is 1. The van der Waals surface area contributed by atoms with Crippen LogP contribution in [-0.2, 0) is 4.79 Å². The lowest BCUT2D eigenvalue weighted by Crippen LogP contribution is -2.30. The number of amides is 1. The zero-order chi connectivity index (χ0) is 18.8. The van der Waals surface area contributed by atoms with Crippen molar-refractivity contribution in [3.8, 4) is 0 Å². The van der Waals surface area contributed by atoms with Gasteiger partial charge in [0.2, 0.25) is 11.9 Å². The first-order valence-corrected chi connectivity index (χ1v) is 10.1. The van der Waals surface area contributed by atoms with E-state index in [2.05, 4.69) is 48.1 Å². The molecule has 0 aliphatic carbocycles. The van der Waals surface area contributed by atoms with E-state index in [1.54, 1.807) is 28.5 Å². The second-order valence-electron chi connectivity index (χ2n) is 6.14. The van der Waals surface area contributed by atoms with Gasteiger partial charge in [-0.2, -0.15) is 4.98 Å². The van der Waals surface area contributed by atoms with Crippen LogP contribution in [0.2, 0.25) is 0 Å². The van der Waals surface area contributed by atoms with E-state index in [-0.39, 0.29) is 11.9 Å². The molecule has 9 heteroatoms. The number of halogens is 1. The lowest BCUT2D eigenvalue weighted by Gasteiger charge is -2.15. The van der Waals surface area contributed by atoms with E-state index in [0.29, 0.717) is 24.9 Å². The number of rotatable bonds is 5. The predicted octanol–water partition coefficient (Wildman–Crippen LogP) is 3.79. The minimum Gasteiger partial charge on any atom is -0.350 e. The third-order valence-electron chi connectivity index (χ3n) is 4.25. The summed E-state index contributed by atoms with van der Waals surface area (Å²) in [4.78, 5) is 26.8. The molecule has 1 saturated heterocycles. The Kier molecular flexibility index (Phi) is 5.04. The average Bonchev–Trinajstić information content (AvgIpc) is 3.27. The van der Waals surface area contributed by atoms with Crippen molar-refractivity contribution in [1.82, 2.24) is 19.9 Å². The van der Waals surface area contributed by atoms with Crippen molar-refractivity contribution >= 4 is 60.3 Å². The summed E-state index contributed by atoms with van der Waals surface area (Å²) in [6.07, 6.45) is 3.90. The zero-order valence-electron chi connectivity index (χ0n) is 14.4. The van der Waals surface area contributed by atoms with Gasteiger partial charge in [0, 0.05) is 29.8 Å². The van der Waals surface area contributed by atoms with Crippen LogP contribution in [0.5, 0.6) is 0 Å². The summed E-state index contributed by atoms with van der Waals surface area (Å²) in [5, 5.41) is 7.31. The number of likely N-dealkylation sites (tertiary alicyclic amines) is 1. The Hall–Kier alpha value is -2.52. The van der Waals surface area contributed by atoms with E-state index < -0.39 is 0 Å². The Morgan fingerprint density at radius 1 is 1.37 bits per heavy atom. The third-order valence-corrected chi connectivity index (χ3v) is 5.68. The molecule has 3 aromatic rings. The minimum atomic E-state index is -0.0434. The minimum absolute atomic E-state index is 0.0434. The molecule has 1 aliphatic heterocycles. The highest BCUT2D eigenvalue weighted by Crippen LogP contribution is 2.30. The molecular formula is C18H17BrN6OS. The van der Waals surface area contributed by atoms with Crippen LogP contribution < -0.4 is 10.6 Å². The van der Waals surface area contributed by atoms with Gasteiger partial charge < -0.3 is 15.5 Å². The summed E-state index contributed by atoms with van der Waals surface area (Å²) in [5.41, 5.74) is 0.941. The molecule has 4 rings (SSSR count). The molecule has 1 amide bonds. The van der Waals surface area contributed by atoms with Gasteiger partial charge in [-0.15, -0.1) is 0 Å². The van der Waals surface area contributed by atoms with Gasteiger partial charge in [0.25, 0.3) is 0 Å². The fourth-order valence-corrected chi connectivity index (χ4v) is 4.37. The Balaban J connectivity index is 1.44. The molecule has 138 valence electrons. The van der Waals surface area contributed by atoms with Crippen LogP contribution in [0, 0.1) is 0 Å². The fraction of sp³-hybridized carbons (Fsp3) is 0.222. The van der Waals surface area contributed by atoms with Gasteiger partial charge in [0.1, 0.15) is 5.82 Å². The Morgan fingerprint density at radius 3 is 3.11 bits per heavy atom. The molecule has 1 aliphatic rings. The molecule has 7 nitrogen and oxygen atoms in total. The highest BCUT2D eigenvalue weighted by molar-refractivity contribution is 9.10. The third kappa shape index (κ3) is 4.09. The van der Waals surface area contributed by atoms with Crippen molar-refractivity contribution < 1.29 is 4.79 Å². The van der Waals surface area contributed by atoms with Crippen LogP contribution in [0.3, 0.4) is 0 Å². The standard InChI is InChI=1S/C18H17BrN6OS/c1-2-16(26)25-8-6-12(10-25)21-17-20-7-5-15(23-17)24-18-22-13-4-3-11(19)9-14(13)27-18/h2-5,7,9,12H,1,6,8,10H2,(H2,20,21,22,23,24)/t12-/m0/s1. The highest BCUT2D eigenvalue weighted by atomic mass is 79.9. The molecular weight excluding hydrogens is 428 g/mol. The van der Waals surface area contributed by atoms with E-state index in [0.717, 1.165) is 26.2 Å². The molecule has 1 atom stereocenters. The van der Waals surface area contributed by atoms with Gasteiger partial charge in [-0.25, -0.2) is 9.97 Å². The molecule has 27 heavy (non-hydrogen) atoms. The van der Waals surface area contributed by atoms with Crippen molar-refractivity contribution in [3.05, 3.63) is 47.6 Å². The number of fused-ring (bicyclic) bond motifs is 1. The lowest BCUT2D eigenvalue weighted by molar-refractivity contribution is -0.125. The summed E-state index contributed by atoms with van der Waals surface area (Å²) >= 11 is 5.04. The van der Waals surface area contributed by atoms with Gasteiger partial charge in [-0.1, -0.05) is 33.8 Å². The second kappa shape index (κ2) is 7.61. The van der Waals surface area contributed by atoms with Crippen LogP contribution >= 0.6 is 27.3 Å². The first-order chi connectivity index (χ1) is 13.1. The van der Waals surface area contributed by atoms with Gasteiger partial charge in [0.15, 0.2) is 5.13 Å². The molecule has 3 heterocycles. The normalized spacial score (nSPS) is 16.5. The molecule has 0 unspecified atom stereocenters. The Morgan fingerprint density at radius 2 is 2.26 bits per heavy atom. The molecule has 0 saturated carbocycles. The molecule has 0 bridgehead atoms. The summed E-state index contributed by atoms with van der Waals surface area (Å²) in [6.45, 7) is 4.87. The number of hydrogen-bond donors (Lipinski definition) is 2. The number of thiazole rings is 1. The number of benzene rings is 1. The Bertz CT molecular complexity index is 1010. The van der Waals surface area contributed by atoms with Gasteiger partial charge in [-0.05, 0) is 36.8 Å². The molecule has 1 fully saturated rings. The largest absolute Gasteiger partial charge is 0.350 e. The number of nitrogens with zero attached hydrogens (tertiary/aromatic N) is 4. The quantitative estimate of drug-likeness (QED) is 0.582. The van der Waals surface area contributed by atoms with E-state index in [1.807, 2.05) is 18.2 Å². The van der Waals surface area contributed by atoms with Crippen LogP contribution in [0.15, 0.2) is 47.6 Å². The van der Waals surface area contributed by atoms with E-state index in [4.69, 9.17) is 0 Å². The maximum absolute atomic E-state index is 11.7. The first-order valence-electron chi connectivity index (χ1n) is 8.45. The van der Waals surface area contributed by atoms with Gasteiger partial charge in [0.05, 0.1) is 10.2 Å². The van der Waals surface area contributed by atoms with Crippen LogP contribution in [0.25, 0.3) is 10.2 Å². The van der Waals surface area contributed by atoms with Crippen LogP contribution in [-0.4, -0.2) is 44.9 Å². The van der Waals surface area contributed by atoms with Crippen molar-refractivity contribution in [1.29, 1.82) is 0 Å². The van der Waals surface area contributed by atoms with Crippen LogP contribution in [0.4, 0.5) is 16.9 Å². The fourth-order valence-electron chi connectivity index (χ4n) is 2.95. The number of anilines is 3. The van der Waals surface area contributed by atoms with Gasteiger partial charge in [-0.3, -0.25) is 4.79 Å². The van der Waals surface area contributed by atoms with Crippen molar-refractivity contribution in [2.45, 2.75) is 12.5 Å². The number of nitrogens with one attached hydrogen (secondary N) is 2. The van der Waals surface area contributed by atoms with Gasteiger partial charge >= 0.3 is 0 Å². The molecule has 2 aromatic heterocycles. The van der Waals surface area contributed by atoms with Crippen molar-refractivity contribution in [2.24, 2.45) is 0 Å². The highest BCUT2D eigenvalue weighted by Gasteiger charge is 2.25. The SMILES string of the molecule is C=CC(=O)N1CC[C@H](Nc2nccc(Nc3nc4ccc(Br)cc4s3)n2)C1. The first kappa shape index (κ1) is 17.9. The Labute approximate surface area is 168 Å². The summed E-state index contributed by atoms with van der Waals surface area (Å²) < 4.78 is 2.12. The van der Waals surface area contributed by atoms with E-state index >= 15 is 0 Å². The van der Waals surface area contributed by atoms with E-state index in [9.17, 15) is 4.79 Å². The molecule has 0 spiro atoms. The monoisotopic (exact) mass is 444 g/mol. The smallest absolute Gasteiger partial charge is 0.246 e. The van der Waals surface area contributed by atoms with E-state index in [1.165, 1.54) is 6.08 Å². The zero-order valence-corrected chi connectivity index (χ0v) is 16.8.